The molecule has 3 N–H and O–H groups in total. The van der Waals surface area contributed by atoms with E-state index in [0.717, 1.165) is 63.8 Å². The minimum atomic E-state index is -0.929. The number of piperazine rings is 1. The molecule has 1 saturated heterocycles. The van der Waals surface area contributed by atoms with Gasteiger partial charge in [0.05, 0.1) is 0 Å². The van der Waals surface area contributed by atoms with Crippen LogP contribution in [0.15, 0.2) is 30.6 Å². The largest absolute Gasteiger partial charge is 0.477 e. The number of hydrogen-bond donors (Lipinski definition) is 3. The molecule has 0 atom stereocenters. The highest BCUT2D eigenvalue weighted by atomic mass is 16.4. The molecule has 0 unspecified atom stereocenters. The average Bonchev–Trinajstić information content (AvgIpc) is 3.43. The van der Waals surface area contributed by atoms with Gasteiger partial charge in [0.15, 0.2) is 0 Å². The molecule has 1 aliphatic heterocycles. The van der Waals surface area contributed by atoms with Crippen LogP contribution in [0.5, 0.6) is 0 Å². The Morgan fingerprint density at radius 1 is 1.16 bits per heavy atom. The maximum Gasteiger partial charge on any atom is 0.352 e. The zero-order valence-electron chi connectivity index (χ0n) is 17.4. The molecule has 0 bridgehead atoms. The van der Waals surface area contributed by atoms with Crippen molar-refractivity contribution in [2.45, 2.75) is 38.3 Å². The second-order valence-electron chi connectivity index (χ2n) is 8.32. The van der Waals surface area contributed by atoms with E-state index in [1.807, 2.05) is 16.8 Å². The lowest BCUT2D eigenvalue weighted by Crippen LogP contribution is -2.42. The molecule has 1 aliphatic carbocycles. The molecular weight excluding hydrogens is 394 g/mol. The van der Waals surface area contributed by atoms with Gasteiger partial charge < -0.3 is 20.3 Å². The summed E-state index contributed by atoms with van der Waals surface area (Å²) in [6.45, 7) is 5.04. The predicted molar refractivity (Wildman–Crippen MR) is 118 cm³/mol. The molecule has 0 radical (unpaired) electrons. The highest BCUT2D eigenvalue weighted by molar-refractivity contribution is 5.93. The number of rotatable bonds is 6. The van der Waals surface area contributed by atoms with Gasteiger partial charge in [-0.2, -0.15) is 4.98 Å². The van der Waals surface area contributed by atoms with Crippen molar-refractivity contribution < 1.29 is 9.90 Å². The number of carboxylic acid groups (broad SMARTS) is 1. The summed E-state index contributed by atoms with van der Waals surface area (Å²) in [6.07, 6.45) is 7.75. The number of hydrogen-bond acceptors (Lipinski definition) is 7. The summed E-state index contributed by atoms with van der Waals surface area (Å²) in [5.41, 5.74) is 2.12. The van der Waals surface area contributed by atoms with E-state index in [1.54, 1.807) is 12.3 Å². The Labute approximate surface area is 180 Å². The number of aromatic carboxylic acids is 1. The molecule has 2 aliphatic rings. The van der Waals surface area contributed by atoms with Gasteiger partial charge >= 0.3 is 5.97 Å². The van der Waals surface area contributed by atoms with Crippen molar-refractivity contribution in [2.75, 3.05) is 31.5 Å². The molecule has 9 heteroatoms. The summed E-state index contributed by atoms with van der Waals surface area (Å²) in [5.74, 6) is 0.158. The summed E-state index contributed by atoms with van der Waals surface area (Å²) in [4.78, 5) is 27.8. The maximum atomic E-state index is 11.8. The van der Waals surface area contributed by atoms with E-state index < -0.39 is 5.97 Å². The van der Waals surface area contributed by atoms with Gasteiger partial charge in [0.25, 0.3) is 0 Å². The lowest BCUT2D eigenvalue weighted by Gasteiger charge is -2.27. The number of aromatic nitrogens is 4. The zero-order chi connectivity index (χ0) is 21.2. The fraction of sp³-hybridized carbons (Fsp3) is 0.455. The number of anilines is 2. The van der Waals surface area contributed by atoms with E-state index in [4.69, 9.17) is 0 Å². The first-order valence-electron chi connectivity index (χ1n) is 10.9. The quantitative estimate of drug-likeness (QED) is 0.558. The average molecular weight is 422 g/mol. The molecule has 3 aromatic rings. The van der Waals surface area contributed by atoms with Crippen molar-refractivity contribution in [2.24, 2.45) is 0 Å². The molecular formula is C22H27N7O2. The van der Waals surface area contributed by atoms with Gasteiger partial charge in [-0.25, -0.2) is 14.8 Å². The summed E-state index contributed by atoms with van der Waals surface area (Å²) >= 11 is 0. The standard InChI is InChI=1S/C22H27N7O2/c30-21(31)18-11-16-13-25-22(27-20(16)29(18)17-3-1-2-4-17)26-19-6-5-15(12-24-19)14-28-9-7-23-8-10-28/h5-6,11-13,17,23H,1-4,7-10,14H2,(H,30,31)(H,24,25,26,27). The summed E-state index contributed by atoms with van der Waals surface area (Å²) < 4.78 is 1.88. The highest BCUT2D eigenvalue weighted by Gasteiger charge is 2.25. The van der Waals surface area contributed by atoms with Gasteiger partial charge in [-0.1, -0.05) is 18.9 Å². The molecule has 0 spiro atoms. The Kier molecular flexibility index (Phi) is 5.52. The molecule has 4 heterocycles. The van der Waals surface area contributed by atoms with Crippen LogP contribution in [0.3, 0.4) is 0 Å². The zero-order valence-corrected chi connectivity index (χ0v) is 17.4. The van der Waals surface area contributed by atoms with E-state index >= 15 is 0 Å². The number of fused-ring (bicyclic) bond motifs is 1. The fourth-order valence-electron chi connectivity index (χ4n) is 4.60. The van der Waals surface area contributed by atoms with Gasteiger partial charge in [0.1, 0.15) is 17.2 Å². The Morgan fingerprint density at radius 3 is 2.68 bits per heavy atom. The Balaban J connectivity index is 1.36. The highest BCUT2D eigenvalue weighted by Crippen LogP contribution is 2.34. The second-order valence-corrected chi connectivity index (χ2v) is 8.32. The van der Waals surface area contributed by atoms with Crippen molar-refractivity contribution in [1.82, 2.24) is 29.7 Å². The van der Waals surface area contributed by atoms with Crippen LogP contribution < -0.4 is 10.6 Å². The lowest BCUT2D eigenvalue weighted by atomic mass is 10.2. The lowest BCUT2D eigenvalue weighted by molar-refractivity contribution is 0.0683. The third-order valence-corrected chi connectivity index (χ3v) is 6.17. The predicted octanol–water partition coefficient (Wildman–Crippen LogP) is 2.79. The SMILES string of the molecule is O=C(O)c1cc2cnc(Nc3ccc(CN4CCNCC4)cn3)nc2n1C1CCCC1. The van der Waals surface area contributed by atoms with E-state index in [-0.39, 0.29) is 11.7 Å². The topological polar surface area (TPSA) is 108 Å². The Bertz CT molecular complexity index is 1070. The van der Waals surface area contributed by atoms with Gasteiger partial charge in [0.2, 0.25) is 5.95 Å². The minimum Gasteiger partial charge on any atom is -0.477 e. The van der Waals surface area contributed by atoms with Crippen LogP contribution in [-0.4, -0.2) is 61.7 Å². The number of pyridine rings is 1. The molecule has 1 saturated carbocycles. The Hall–Kier alpha value is -3.04. The van der Waals surface area contributed by atoms with Crippen LogP contribution in [-0.2, 0) is 6.54 Å². The van der Waals surface area contributed by atoms with Crippen LogP contribution in [0.25, 0.3) is 11.0 Å². The molecule has 31 heavy (non-hydrogen) atoms. The number of nitrogens with zero attached hydrogens (tertiary/aromatic N) is 5. The molecule has 5 rings (SSSR count). The summed E-state index contributed by atoms with van der Waals surface area (Å²) in [7, 11) is 0. The van der Waals surface area contributed by atoms with Crippen molar-refractivity contribution in [3.8, 4) is 0 Å². The van der Waals surface area contributed by atoms with Gasteiger partial charge in [0, 0.05) is 56.5 Å². The van der Waals surface area contributed by atoms with Crippen LogP contribution >= 0.6 is 0 Å². The Morgan fingerprint density at radius 2 is 1.97 bits per heavy atom. The van der Waals surface area contributed by atoms with E-state index in [9.17, 15) is 9.90 Å². The third-order valence-electron chi connectivity index (χ3n) is 6.17. The van der Waals surface area contributed by atoms with Gasteiger partial charge in [-0.15, -0.1) is 0 Å². The maximum absolute atomic E-state index is 11.8. The molecule has 0 amide bonds. The van der Waals surface area contributed by atoms with Crippen molar-refractivity contribution >= 4 is 28.8 Å². The van der Waals surface area contributed by atoms with Crippen LogP contribution in [0, 0.1) is 0 Å². The van der Waals surface area contributed by atoms with Crippen molar-refractivity contribution in [3.63, 3.8) is 0 Å². The van der Waals surface area contributed by atoms with Crippen molar-refractivity contribution in [1.29, 1.82) is 0 Å². The molecule has 3 aromatic heterocycles. The third kappa shape index (κ3) is 4.24. The summed E-state index contributed by atoms with van der Waals surface area (Å²) in [6, 6.07) is 5.85. The minimum absolute atomic E-state index is 0.175. The molecule has 2 fully saturated rings. The summed E-state index contributed by atoms with van der Waals surface area (Å²) in [5, 5.41) is 16.9. The molecule has 9 nitrogen and oxygen atoms in total. The van der Waals surface area contributed by atoms with E-state index in [1.165, 1.54) is 5.56 Å². The number of carbonyl (C=O) groups is 1. The molecule has 0 aromatic carbocycles. The smallest absolute Gasteiger partial charge is 0.352 e. The first kappa shape index (κ1) is 19.9. The first-order valence-corrected chi connectivity index (χ1v) is 10.9. The number of carboxylic acids is 1. The number of nitrogens with one attached hydrogen (secondary N) is 2. The van der Waals surface area contributed by atoms with Gasteiger partial charge in [-0.05, 0) is 30.5 Å². The van der Waals surface area contributed by atoms with Gasteiger partial charge in [-0.3, -0.25) is 4.90 Å². The van der Waals surface area contributed by atoms with E-state index in [0.29, 0.717) is 17.4 Å². The van der Waals surface area contributed by atoms with Crippen LogP contribution in [0.2, 0.25) is 0 Å². The van der Waals surface area contributed by atoms with E-state index in [2.05, 4.69) is 36.6 Å². The fourth-order valence-corrected chi connectivity index (χ4v) is 4.60. The monoisotopic (exact) mass is 421 g/mol. The normalized spacial score (nSPS) is 17.9. The first-order chi connectivity index (χ1) is 15.2. The molecule has 162 valence electrons. The van der Waals surface area contributed by atoms with Crippen molar-refractivity contribution in [3.05, 3.63) is 41.9 Å². The van der Waals surface area contributed by atoms with Crippen LogP contribution in [0.4, 0.5) is 11.8 Å². The van der Waals surface area contributed by atoms with Crippen LogP contribution in [0.1, 0.15) is 47.8 Å². The second kappa shape index (κ2) is 8.60.